The summed E-state index contributed by atoms with van der Waals surface area (Å²) in [5, 5.41) is 3.94. The summed E-state index contributed by atoms with van der Waals surface area (Å²) in [4.78, 5) is 8.31. The number of aromatic nitrogens is 3. The smallest absolute Gasteiger partial charge is 0.259 e. The Hall–Kier alpha value is -1.91. The summed E-state index contributed by atoms with van der Waals surface area (Å²) in [7, 11) is 0. The second-order valence-electron chi connectivity index (χ2n) is 4.46. The van der Waals surface area contributed by atoms with Gasteiger partial charge in [-0.2, -0.15) is 4.98 Å². The second-order valence-corrected chi connectivity index (χ2v) is 4.46. The average molecular weight is 232 g/mol. The summed E-state index contributed by atoms with van der Waals surface area (Å²) in [6.45, 7) is 4.34. The van der Waals surface area contributed by atoms with Gasteiger partial charge >= 0.3 is 0 Å². The zero-order valence-corrected chi connectivity index (χ0v) is 10.1. The predicted octanol–water partition coefficient (Wildman–Crippen LogP) is 2.30. The summed E-state index contributed by atoms with van der Waals surface area (Å²) in [6, 6.07) is 1.77. The molecule has 0 amide bonds. The molecule has 90 valence electrons. The van der Waals surface area contributed by atoms with Crippen LogP contribution in [-0.2, 0) is 6.42 Å². The number of pyridine rings is 1. The van der Waals surface area contributed by atoms with E-state index in [-0.39, 0.29) is 0 Å². The predicted molar refractivity (Wildman–Crippen MR) is 65.1 cm³/mol. The first kappa shape index (κ1) is 11.6. The fraction of sp³-hybridized carbons (Fsp3) is 0.417. The molecule has 2 heterocycles. The third-order valence-electron chi connectivity index (χ3n) is 2.42. The average Bonchev–Trinajstić information content (AvgIpc) is 2.75. The molecule has 0 atom stereocenters. The molecule has 0 bridgehead atoms. The Balaban J connectivity index is 2.12. The van der Waals surface area contributed by atoms with Gasteiger partial charge in [-0.15, -0.1) is 0 Å². The highest BCUT2D eigenvalue weighted by atomic mass is 16.5. The molecule has 0 aliphatic heterocycles. The number of hydrogen-bond donors (Lipinski definition) is 1. The molecule has 0 fully saturated rings. The van der Waals surface area contributed by atoms with E-state index < -0.39 is 0 Å². The highest BCUT2D eigenvalue weighted by Gasteiger charge is 2.09. The molecule has 0 spiro atoms. The Bertz CT molecular complexity index is 493. The van der Waals surface area contributed by atoms with E-state index in [4.69, 9.17) is 10.3 Å². The third kappa shape index (κ3) is 3.03. The molecule has 0 unspecified atom stereocenters. The van der Waals surface area contributed by atoms with Crippen molar-refractivity contribution in [3.05, 3.63) is 24.3 Å². The third-order valence-corrected chi connectivity index (χ3v) is 2.42. The molecule has 5 nitrogen and oxygen atoms in total. The van der Waals surface area contributed by atoms with E-state index in [0.29, 0.717) is 17.5 Å². The van der Waals surface area contributed by atoms with Crippen molar-refractivity contribution in [1.29, 1.82) is 0 Å². The molecule has 0 aliphatic carbocycles. The minimum Gasteiger partial charge on any atom is -0.397 e. The van der Waals surface area contributed by atoms with E-state index in [1.165, 1.54) is 0 Å². The maximum atomic E-state index is 5.65. The lowest BCUT2D eigenvalue weighted by molar-refractivity contribution is 0.419. The molecule has 2 N–H and O–H groups in total. The number of hydrogen-bond acceptors (Lipinski definition) is 5. The fourth-order valence-electron chi connectivity index (χ4n) is 1.47. The largest absolute Gasteiger partial charge is 0.397 e. The first-order valence-corrected chi connectivity index (χ1v) is 5.68. The van der Waals surface area contributed by atoms with E-state index in [9.17, 15) is 0 Å². The monoisotopic (exact) mass is 232 g/mol. The highest BCUT2D eigenvalue weighted by molar-refractivity contribution is 5.57. The standard InChI is InChI=1S/C12H16N4O/c1-8(2)3-4-11-15-12(17-16-11)9-5-10(13)7-14-6-9/h5-8H,3-4,13H2,1-2H3. The van der Waals surface area contributed by atoms with Crippen LogP contribution in [0.4, 0.5) is 5.69 Å². The van der Waals surface area contributed by atoms with Crippen LogP contribution in [0, 0.1) is 5.92 Å². The van der Waals surface area contributed by atoms with Gasteiger partial charge in [0, 0.05) is 18.8 Å². The van der Waals surface area contributed by atoms with Gasteiger partial charge < -0.3 is 10.3 Å². The van der Waals surface area contributed by atoms with Gasteiger partial charge in [0.1, 0.15) is 0 Å². The van der Waals surface area contributed by atoms with Crippen LogP contribution in [0.25, 0.3) is 11.5 Å². The lowest BCUT2D eigenvalue weighted by Crippen LogP contribution is -1.94. The molecule has 0 radical (unpaired) electrons. The van der Waals surface area contributed by atoms with Crippen LogP contribution in [0.2, 0.25) is 0 Å². The van der Waals surface area contributed by atoms with Gasteiger partial charge in [0.25, 0.3) is 5.89 Å². The molecule has 0 aromatic carbocycles. The van der Waals surface area contributed by atoms with Crippen LogP contribution in [0.3, 0.4) is 0 Å². The Morgan fingerprint density at radius 3 is 2.88 bits per heavy atom. The van der Waals surface area contributed by atoms with Crippen molar-refractivity contribution in [3.63, 3.8) is 0 Å². The molecule has 2 aromatic heterocycles. The van der Waals surface area contributed by atoms with Crippen molar-refractivity contribution < 1.29 is 4.52 Å². The first-order chi connectivity index (χ1) is 8.15. The second kappa shape index (κ2) is 4.95. The van der Waals surface area contributed by atoms with Crippen molar-refractivity contribution in [2.24, 2.45) is 5.92 Å². The SMILES string of the molecule is CC(C)CCc1noc(-c2cncc(N)c2)n1. The van der Waals surface area contributed by atoms with E-state index >= 15 is 0 Å². The van der Waals surface area contributed by atoms with Gasteiger partial charge in [-0.3, -0.25) is 4.98 Å². The molecule has 2 rings (SSSR count). The van der Waals surface area contributed by atoms with Crippen LogP contribution in [0.15, 0.2) is 23.0 Å². The van der Waals surface area contributed by atoms with Crippen LogP contribution >= 0.6 is 0 Å². The molecule has 0 aliphatic rings. The van der Waals surface area contributed by atoms with Crippen LogP contribution in [-0.4, -0.2) is 15.1 Å². The Morgan fingerprint density at radius 2 is 2.18 bits per heavy atom. The normalized spacial score (nSPS) is 11.0. The maximum Gasteiger partial charge on any atom is 0.259 e. The van der Waals surface area contributed by atoms with Crippen molar-refractivity contribution in [2.45, 2.75) is 26.7 Å². The van der Waals surface area contributed by atoms with Gasteiger partial charge in [-0.05, 0) is 18.4 Å². The lowest BCUT2D eigenvalue weighted by atomic mass is 10.1. The summed E-state index contributed by atoms with van der Waals surface area (Å²) >= 11 is 0. The Labute approximate surface area is 100 Å². The van der Waals surface area contributed by atoms with Crippen LogP contribution in [0.5, 0.6) is 0 Å². The topological polar surface area (TPSA) is 77.8 Å². The van der Waals surface area contributed by atoms with Gasteiger partial charge in [-0.25, -0.2) is 0 Å². The van der Waals surface area contributed by atoms with Crippen LogP contribution < -0.4 is 5.73 Å². The number of nitrogen functional groups attached to an aromatic ring is 1. The number of nitrogens with zero attached hydrogens (tertiary/aromatic N) is 3. The minimum atomic E-state index is 0.476. The summed E-state index contributed by atoms with van der Waals surface area (Å²) < 4.78 is 5.18. The number of rotatable bonds is 4. The molecule has 0 saturated carbocycles. The maximum absolute atomic E-state index is 5.65. The lowest BCUT2D eigenvalue weighted by Gasteiger charge is -1.98. The molecular weight excluding hydrogens is 216 g/mol. The van der Waals surface area contributed by atoms with Crippen molar-refractivity contribution in [2.75, 3.05) is 5.73 Å². The van der Waals surface area contributed by atoms with E-state index in [1.54, 1.807) is 18.5 Å². The molecule has 2 aromatic rings. The number of nitrogens with two attached hydrogens (primary N) is 1. The minimum absolute atomic E-state index is 0.476. The van der Waals surface area contributed by atoms with Gasteiger partial charge in [-0.1, -0.05) is 19.0 Å². The molecule has 5 heteroatoms. The molecule has 0 saturated heterocycles. The van der Waals surface area contributed by atoms with Gasteiger partial charge in [0.15, 0.2) is 5.82 Å². The van der Waals surface area contributed by atoms with Crippen LogP contribution in [0.1, 0.15) is 26.1 Å². The fourth-order valence-corrected chi connectivity index (χ4v) is 1.47. The first-order valence-electron chi connectivity index (χ1n) is 5.68. The highest BCUT2D eigenvalue weighted by Crippen LogP contribution is 2.18. The van der Waals surface area contributed by atoms with Crippen molar-refractivity contribution in [1.82, 2.24) is 15.1 Å². The van der Waals surface area contributed by atoms with Crippen molar-refractivity contribution >= 4 is 5.69 Å². The molecular formula is C12H16N4O. The van der Waals surface area contributed by atoms with E-state index in [2.05, 4.69) is 29.0 Å². The van der Waals surface area contributed by atoms with Gasteiger partial charge in [0.05, 0.1) is 11.3 Å². The Kier molecular flexibility index (Phi) is 3.37. The number of anilines is 1. The van der Waals surface area contributed by atoms with E-state index in [1.807, 2.05) is 0 Å². The Morgan fingerprint density at radius 1 is 1.35 bits per heavy atom. The summed E-state index contributed by atoms with van der Waals surface area (Å²) in [5.41, 5.74) is 6.99. The zero-order valence-electron chi connectivity index (χ0n) is 10.1. The van der Waals surface area contributed by atoms with Crippen molar-refractivity contribution in [3.8, 4) is 11.5 Å². The quantitative estimate of drug-likeness (QED) is 0.875. The summed E-state index contributed by atoms with van der Waals surface area (Å²) in [6.07, 6.45) is 5.13. The van der Waals surface area contributed by atoms with Gasteiger partial charge in [0.2, 0.25) is 0 Å². The zero-order chi connectivity index (χ0) is 12.3. The molecule has 17 heavy (non-hydrogen) atoms. The van der Waals surface area contributed by atoms with E-state index in [0.717, 1.165) is 24.2 Å². The summed E-state index contributed by atoms with van der Waals surface area (Å²) in [5.74, 6) is 1.84. The number of aryl methyl sites for hydroxylation is 1.